The number of ether oxygens (including phenoxy) is 2. The number of carbonyl (C=O) groups excluding carboxylic acids is 2. The summed E-state index contributed by atoms with van der Waals surface area (Å²) in [6, 6.07) is 0. The third kappa shape index (κ3) is 6.73. The Morgan fingerprint density at radius 3 is 2.70 bits per heavy atom. The van der Waals surface area contributed by atoms with Crippen LogP contribution in [0.2, 0.25) is 0 Å². The van der Waals surface area contributed by atoms with Crippen molar-refractivity contribution in [1.29, 1.82) is 0 Å². The lowest BCUT2D eigenvalue weighted by molar-refractivity contribution is -0.165. The number of carbonyl (C=O) groups is 2. The van der Waals surface area contributed by atoms with E-state index in [0.29, 0.717) is 36.6 Å². The lowest BCUT2D eigenvalue weighted by atomic mass is 9.75. The first-order valence-electron chi connectivity index (χ1n) is 14.2. The average Bonchev–Trinajstić information content (AvgIpc) is 3.29. The molecule has 40 heavy (non-hydrogen) atoms. The van der Waals surface area contributed by atoms with Crippen LogP contribution in [0.3, 0.4) is 0 Å². The van der Waals surface area contributed by atoms with E-state index in [9.17, 15) is 19.8 Å². The molecule has 10 heteroatoms. The molecular formula is C30H43N3O6S. The summed E-state index contributed by atoms with van der Waals surface area (Å²) in [6.07, 6.45) is 7.70. The minimum atomic E-state index is -1.84. The Bertz CT molecular complexity index is 1220. The Morgan fingerprint density at radius 2 is 2.00 bits per heavy atom. The molecule has 6 unspecified atom stereocenters. The number of thiazole rings is 1. The number of rotatable bonds is 4. The van der Waals surface area contributed by atoms with E-state index < -0.39 is 35.0 Å². The van der Waals surface area contributed by atoms with Gasteiger partial charge in [-0.05, 0) is 50.7 Å². The number of aliphatic hydroxyl groups excluding tert-OH is 1. The van der Waals surface area contributed by atoms with Crippen molar-refractivity contribution in [3.8, 4) is 0 Å². The van der Waals surface area contributed by atoms with Crippen molar-refractivity contribution in [3.05, 3.63) is 40.4 Å². The SMILES string of the molecule is CC(=Cc1csc(Cn2ccnc2)n1)C1OC(=O)CCC(C)(C)C(=O)C(C)CC(C)CCCC2(C)OC2(O)C1O. The number of hydrogen-bond acceptors (Lipinski definition) is 9. The van der Waals surface area contributed by atoms with Gasteiger partial charge in [0.25, 0.3) is 0 Å². The number of hydrogen-bond donors (Lipinski definition) is 2. The fraction of sp³-hybridized carbons (Fsp3) is 0.667. The number of aliphatic hydroxyl groups is 2. The maximum atomic E-state index is 13.2. The minimum Gasteiger partial charge on any atom is -0.455 e. The highest BCUT2D eigenvalue weighted by Crippen LogP contribution is 2.53. The van der Waals surface area contributed by atoms with Gasteiger partial charge in [-0.25, -0.2) is 9.97 Å². The molecule has 2 aromatic rings. The molecule has 0 amide bonds. The molecule has 2 fully saturated rings. The van der Waals surface area contributed by atoms with Crippen LogP contribution in [-0.4, -0.2) is 60.1 Å². The first-order valence-corrected chi connectivity index (χ1v) is 15.0. The topological polar surface area (TPSA) is 127 Å². The third-order valence-electron chi connectivity index (χ3n) is 8.49. The van der Waals surface area contributed by atoms with Crippen molar-refractivity contribution in [3.63, 3.8) is 0 Å². The molecule has 2 aliphatic heterocycles. The summed E-state index contributed by atoms with van der Waals surface area (Å²) in [4.78, 5) is 35.0. The summed E-state index contributed by atoms with van der Waals surface area (Å²) >= 11 is 1.49. The molecule has 0 aromatic carbocycles. The zero-order chi connectivity index (χ0) is 29.3. The highest BCUT2D eigenvalue weighted by molar-refractivity contribution is 7.09. The number of nitrogens with zero attached hydrogens (tertiary/aromatic N) is 3. The molecule has 4 rings (SSSR count). The van der Waals surface area contributed by atoms with Crippen LogP contribution in [0.15, 0.2) is 29.7 Å². The van der Waals surface area contributed by atoms with Gasteiger partial charge in [0.15, 0.2) is 12.2 Å². The summed E-state index contributed by atoms with van der Waals surface area (Å²) in [5.41, 5.74) is -0.452. The molecule has 220 valence electrons. The van der Waals surface area contributed by atoms with E-state index in [0.717, 1.165) is 24.3 Å². The monoisotopic (exact) mass is 573 g/mol. The van der Waals surface area contributed by atoms with Crippen LogP contribution < -0.4 is 0 Å². The second-order valence-corrected chi connectivity index (χ2v) is 13.5. The number of epoxide rings is 1. The number of ketones is 1. The van der Waals surface area contributed by atoms with Gasteiger partial charge in [-0.1, -0.05) is 40.5 Å². The van der Waals surface area contributed by atoms with E-state index >= 15 is 0 Å². The summed E-state index contributed by atoms with van der Waals surface area (Å²) in [7, 11) is 0. The van der Waals surface area contributed by atoms with Crippen molar-refractivity contribution >= 4 is 29.2 Å². The normalized spacial score (nSPS) is 34.2. The van der Waals surface area contributed by atoms with E-state index in [4.69, 9.17) is 9.47 Å². The van der Waals surface area contributed by atoms with Crippen LogP contribution in [0.4, 0.5) is 0 Å². The molecule has 0 radical (unpaired) electrons. The Hall–Kier alpha value is -2.40. The molecule has 2 N–H and O–H groups in total. The maximum absolute atomic E-state index is 13.2. The molecule has 4 heterocycles. The molecule has 2 saturated heterocycles. The molecule has 0 spiro atoms. The zero-order valence-corrected chi connectivity index (χ0v) is 25.2. The summed E-state index contributed by atoms with van der Waals surface area (Å²) in [5, 5.41) is 25.6. The van der Waals surface area contributed by atoms with Crippen molar-refractivity contribution in [2.75, 3.05) is 0 Å². The van der Waals surface area contributed by atoms with Gasteiger partial charge in [-0.2, -0.15) is 0 Å². The number of Topliss-reactive ketones (excluding diaryl/α,β-unsaturated/α-hetero) is 1. The highest BCUT2D eigenvalue weighted by Gasteiger charge is 2.71. The quantitative estimate of drug-likeness (QED) is 0.396. The first-order chi connectivity index (χ1) is 18.7. The fourth-order valence-electron chi connectivity index (χ4n) is 5.87. The molecule has 0 bridgehead atoms. The lowest BCUT2D eigenvalue weighted by Crippen LogP contribution is -2.47. The number of fused-ring (bicyclic) bond motifs is 1. The van der Waals surface area contributed by atoms with Crippen LogP contribution in [0.25, 0.3) is 6.08 Å². The lowest BCUT2D eigenvalue weighted by Gasteiger charge is -2.30. The second kappa shape index (κ2) is 11.8. The van der Waals surface area contributed by atoms with Gasteiger partial charge in [0.05, 0.1) is 18.6 Å². The summed E-state index contributed by atoms with van der Waals surface area (Å²) < 4.78 is 13.5. The minimum absolute atomic E-state index is 0.0137. The summed E-state index contributed by atoms with van der Waals surface area (Å²) in [6.45, 7) is 12.0. The third-order valence-corrected chi connectivity index (χ3v) is 9.34. The number of aromatic nitrogens is 3. The van der Waals surface area contributed by atoms with Gasteiger partial charge >= 0.3 is 5.97 Å². The van der Waals surface area contributed by atoms with Gasteiger partial charge in [-0.3, -0.25) is 9.59 Å². The van der Waals surface area contributed by atoms with E-state index in [1.165, 1.54) is 11.3 Å². The van der Waals surface area contributed by atoms with E-state index in [1.54, 1.807) is 32.4 Å². The molecule has 6 atom stereocenters. The van der Waals surface area contributed by atoms with Gasteiger partial charge in [0.2, 0.25) is 5.79 Å². The van der Waals surface area contributed by atoms with Crippen molar-refractivity contribution < 1.29 is 29.3 Å². The van der Waals surface area contributed by atoms with E-state index in [-0.39, 0.29) is 18.1 Å². The average molecular weight is 574 g/mol. The Morgan fingerprint density at radius 1 is 1.25 bits per heavy atom. The fourth-order valence-corrected chi connectivity index (χ4v) is 6.63. The Balaban J connectivity index is 1.58. The van der Waals surface area contributed by atoms with Crippen molar-refractivity contribution in [2.24, 2.45) is 17.3 Å². The van der Waals surface area contributed by atoms with Gasteiger partial charge in [0, 0.05) is 35.5 Å². The van der Waals surface area contributed by atoms with Crippen LogP contribution in [0.1, 0.15) is 90.8 Å². The predicted octanol–water partition coefficient (Wildman–Crippen LogP) is 4.76. The maximum Gasteiger partial charge on any atom is 0.306 e. The molecule has 0 aliphatic carbocycles. The smallest absolute Gasteiger partial charge is 0.306 e. The van der Waals surface area contributed by atoms with Gasteiger partial charge in [0.1, 0.15) is 16.4 Å². The predicted molar refractivity (Wildman–Crippen MR) is 152 cm³/mol. The number of cyclic esters (lactones) is 1. The Labute approximate surface area is 240 Å². The van der Waals surface area contributed by atoms with E-state index in [2.05, 4.69) is 16.9 Å². The first kappa shape index (κ1) is 30.6. The number of imidazole rings is 1. The van der Waals surface area contributed by atoms with Crippen LogP contribution in [0.5, 0.6) is 0 Å². The van der Waals surface area contributed by atoms with Crippen molar-refractivity contribution in [2.45, 2.75) is 110 Å². The molecule has 0 saturated carbocycles. The van der Waals surface area contributed by atoms with E-state index in [1.807, 2.05) is 36.9 Å². The Kier molecular flexibility index (Phi) is 9.04. The second-order valence-electron chi connectivity index (χ2n) is 12.6. The van der Waals surface area contributed by atoms with Gasteiger partial charge in [-0.15, -0.1) is 11.3 Å². The number of esters is 1. The molecule has 9 nitrogen and oxygen atoms in total. The van der Waals surface area contributed by atoms with Crippen LogP contribution in [-0.2, 0) is 25.6 Å². The molecule has 2 aromatic heterocycles. The zero-order valence-electron chi connectivity index (χ0n) is 24.4. The summed E-state index contributed by atoms with van der Waals surface area (Å²) in [5.74, 6) is -2.03. The largest absolute Gasteiger partial charge is 0.455 e. The molecular weight excluding hydrogens is 530 g/mol. The van der Waals surface area contributed by atoms with Crippen LogP contribution in [0, 0.1) is 17.3 Å². The van der Waals surface area contributed by atoms with Crippen LogP contribution >= 0.6 is 11.3 Å². The van der Waals surface area contributed by atoms with Crippen molar-refractivity contribution in [1.82, 2.24) is 14.5 Å². The molecule has 2 aliphatic rings. The van der Waals surface area contributed by atoms with Gasteiger partial charge < -0.3 is 24.3 Å². The highest BCUT2D eigenvalue weighted by atomic mass is 32.1. The standard InChI is InChI=1S/C30H43N3O6S/c1-19-8-7-10-29(6)30(37,39-29)27(36)25(38-24(34)9-11-28(4,5)26(35)21(3)14-19)20(2)15-22-17-40-23(32-22)16-33-13-12-31-18-33/h12-13,15,17-19,21,25,27,36-37H,7-11,14,16H2,1-6H3.